The molecule has 25 heavy (non-hydrogen) atoms. The molecule has 0 radical (unpaired) electrons. The minimum Gasteiger partial charge on any atom is -0.368 e. The van der Waals surface area contributed by atoms with Gasteiger partial charge in [0.1, 0.15) is 24.2 Å². The molecule has 8 heteroatoms. The molecular weight excluding hydrogens is 326 g/mol. The van der Waals surface area contributed by atoms with Crippen molar-refractivity contribution >= 4 is 11.8 Å². The first-order valence-corrected chi connectivity index (χ1v) is 8.66. The first-order valence-electron chi connectivity index (χ1n) is 8.66. The molecule has 8 nitrogen and oxygen atoms in total. The van der Waals surface area contributed by atoms with E-state index in [1.54, 1.807) is 17.9 Å². The number of amides is 2. The molecule has 2 aliphatic rings. The van der Waals surface area contributed by atoms with E-state index in [0.29, 0.717) is 31.2 Å². The van der Waals surface area contributed by atoms with Gasteiger partial charge in [0.15, 0.2) is 0 Å². The van der Waals surface area contributed by atoms with Crippen molar-refractivity contribution in [3.63, 3.8) is 0 Å². The Kier molecular flexibility index (Phi) is 5.39. The van der Waals surface area contributed by atoms with E-state index >= 15 is 0 Å². The fourth-order valence-electron chi connectivity index (χ4n) is 3.26. The molecule has 0 aromatic carbocycles. The van der Waals surface area contributed by atoms with Gasteiger partial charge in [-0.25, -0.2) is 0 Å². The van der Waals surface area contributed by atoms with Crippen LogP contribution in [-0.4, -0.2) is 59.8 Å². The first-order chi connectivity index (χ1) is 12.0. The quantitative estimate of drug-likeness (QED) is 0.814. The van der Waals surface area contributed by atoms with Gasteiger partial charge in [0.05, 0.1) is 12.1 Å². The molecule has 1 aromatic heterocycles. The van der Waals surface area contributed by atoms with E-state index in [0.717, 1.165) is 19.3 Å². The second-order valence-electron chi connectivity index (χ2n) is 7.04. The molecular formula is C17H25N3O5. The third-order valence-corrected chi connectivity index (χ3v) is 4.63. The summed E-state index contributed by atoms with van der Waals surface area (Å²) >= 11 is 0. The van der Waals surface area contributed by atoms with Crippen molar-refractivity contribution < 1.29 is 23.6 Å². The van der Waals surface area contributed by atoms with Crippen LogP contribution in [0.4, 0.5) is 0 Å². The van der Waals surface area contributed by atoms with E-state index in [1.165, 1.54) is 0 Å². The van der Waals surface area contributed by atoms with Crippen molar-refractivity contribution in [2.45, 2.75) is 51.4 Å². The van der Waals surface area contributed by atoms with Crippen molar-refractivity contribution in [3.05, 3.63) is 17.5 Å². The number of hydrogen-bond acceptors (Lipinski definition) is 6. The number of carbonyl (C=O) groups excluding carboxylic acids is 2. The van der Waals surface area contributed by atoms with Crippen LogP contribution < -0.4 is 5.32 Å². The monoisotopic (exact) mass is 351 g/mol. The summed E-state index contributed by atoms with van der Waals surface area (Å²) in [6, 6.07) is 1.78. The lowest BCUT2D eigenvalue weighted by Crippen LogP contribution is -2.51. The van der Waals surface area contributed by atoms with Gasteiger partial charge in [0.25, 0.3) is 0 Å². The van der Waals surface area contributed by atoms with Gasteiger partial charge >= 0.3 is 0 Å². The van der Waals surface area contributed by atoms with Crippen molar-refractivity contribution in [1.29, 1.82) is 0 Å². The molecule has 2 amide bonds. The van der Waals surface area contributed by atoms with Crippen LogP contribution in [0.1, 0.15) is 37.6 Å². The van der Waals surface area contributed by atoms with Gasteiger partial charge < -0.3 is 24.2 Å². The Morgan fingerprint density at radius 2 is 2.36 bits per heavy atom. The SMILES string of the molecule is Cc1cc(COCC(=O)N2CCC(C)(NC(=O)[C@@H]3CCCO3)C2)no1. The lowest BCUT2D eigenvalue weighted by molar-refractivity contribution is -0.136. The number of ether oxygens (including phenoxy) is 2. The van der Waals surface area contributed by atoms with Gasteiger partial charge in [-0.15, -0.1) is 0 Å². The topological polar surface area (TPSA) is 93.9 Å². The standard InChI is InChI=1S/C17H25N3O5/c1-12-8-13(19-25-12)9-23-10-15(21)20-6-5-17(2,11-20)18-16(22)14-4-3-7-24-14/h8,14H,3-7,9-11H2,1-2H3,(H,18,22)/t14-,17?/m0/s1. The van der Waals surface area contributed by atoms with Gasteiger partial charge in [0.2, 0.25) is 11.8 Å². The molecule has 0 bridgehead atoms. The highest BCUT2D eigenvalue weighted by atomic mass is 16.5. The number of likely N-dealkylation sites (tertiary alicyclic amines) is 1. The molecule has 0 aliphatic carbocycles. The summed E-state index contributed by atoms with van der Waals surface area (Å²) in [4.78, 5) is 26.3. The Morgan fingerprint density at radius 1 is 1.52 bits per heavy atom. The van der Waals surface area contributed by atoms with Crippen LogP contribution in [0.15, 0.2) is 10.6 Å². The normalized spacial score (nSPS) is 26.2. The van der Waals surface area contributed by atoms with Crippen molar-refractivity contribution in [2.24, 2.45) is 0 Å². The van der Waals surface area contributed by atoms with E-state index in [-0.39, 0.29) is 31.1 Å². The van der Waals surface area contributed by atoms with Crippen LogP contribution in [0.3, 0.4) is 0 Å². The van der Waals surface area contributed by atoms with Crippen LogP contribution >= 0.6 is 0 Å². The first kappa shape index (κ1) is 17.9. The molecule has 1 unspecified atom stereocenters. The lowest BCUT2D eigenvalue weighted by Gasteiger charge is -2.27. The zero-order chi connectivity index (χ0) is 17.9. The van der Waals surface area contributed by atoms with Crippen LogP contribution in [-0.2, 0) is 25.7 Å². The van der Waals surface area contributed by atoms with E-state index in [2.05, 4.69) is 10.5 Å². The number of aryl methyl sites for hydroxylation is 1. The van der Waals surface area contributed by atoms with E-state index in [1.807, 2.05) is 6.92 Å². The fraction of sp³-hybridized carbons (Fsp3) is 0.706. The highest BCUT2D eigenvalue weighted by molar-refractivity contribution is 5.82. The Morgan fingerprint density at radius 3 is 3.04 bits per heavy atom. The van der Waals surface area contributed by atoms with Crippen molar-refractivity contribution in [3.8, 4) is 0 Å². The summed E-state index contributed by atoms with van der Waals surface area (Å²) < 4.78 is 15.8. The van der Waals surface area contributed by atoms with Gasteiger partial charge in [-0.3, -0.25) is 9.59 Å². The molecule has 3 rings (SSSR count). The van der Waals surface area contributed by atoms with E-state index in [9.17, 15) is 9.59 Å². The average molecular weight is 351 g/mol. The predicted octanol–water partition coefficient (Wildman–Crippen LogP) is 0.786. The highest BCUT2D eigenvalue weighted by Gasteiger charge is 2.39. The summed E-state index contributed by atoms with van der Waals surface area (Å²) in [5.74, 6) is 0.546. The van der Waals surface area contributed by atoms with Crippen LogP contribution in [0.25, 0.3) is 0 Å². The minimum absolute atomic E-state index is 0.0122. The maximum absolute atomic E-state index is 12.3. The molecule has 2 saturated heterocycles. The van der Waals surface area contributed by atoms with E-state index in [4.69, 9.17) is 14.0 Å². The zero-order valence-electron chi connectivity index (χ0n) is 14.7. The summed E-state index contributed by atoms with van der Waals surface area (Å²) in [6.07, 6.45) is 2.05. The summed E-state index contributed by atoms with van der Waals surface area (Å²) in [7, 11) is 0. The largest absolute Gasteiger partial charge is 0.368 e. The Bertz CT molecular complexity index is 626. The molecule has 1 N–H and O–H groups in total. The third kappa shape index (κ3) is 4.58. The smallest absolute Gasteiger partial charge is 0.249 e. The summed E-state index contributed by atoms with van der Waals surface area (Å²) in [6.45, 7) is 5.72. The molecule has 2 atom stereocenters. The zero-order valence-corrected chi connectivity index (χ0v) is 14.7. The maximum Gasteiger partial charge on any atom is 0.249 e. The minimum atomic E-state index is -0.415. The number of nitrogens with one attached hydrogen (secondary N) is 1. The van der Waals surface area contributed by atoms with Gasteiger partial charge in [-0.2, -0.15) is 0 Å². The lowest BCUT2D eigenvalue weighted by atomic mass is 10.0. The van der Waals surface area contributed by atoms with Crippen molar-refractivity contribution in [2.75, 3.05) is 26.3 Å². The predicted molar refractivity (Wildman–Crippen MR) is 87.6 cm³/mol. The summed E-state index contributed by atoms with van der Waals surface area (Å²) in [5.41, 5.74) is 0.252. The maximum atomic E-state index is 12.3. The van der Waals surface area contributed by atoms with Crippen molar-refractivity contribution in [1.82, 2.24) is 15.4 Å². The number of nitrogens with zero attached hydrogens (tertiary/aromatic N) is 2. The molecule has 138 valence electrons. The molecule has 2 fully saturated rings. The fourth-order valence-corrected chi connectivity index (χ4v) is 3.26. The van der Waals surface area contributed by atoms with Crippen LogP contribution in [0, 0.1) is 6.92 Å². The average Bonchev–Trinajstić information content (AvgIpc) is 3.28. The van der Waals surface area contributed by atoms with Gasteiger partial charge in [0, 0.05) is 25.8 Å². The van der Waals surface area contributed by atoms with E-state index < -0.39 is 5.54 Å². The Labute approximate surface area is 146 Å². The second kappa shape index (κ2) is 7.53. The number of carbonyl (C=O) groups is 2. The van der Waals surface area contributed by atoms with Gasteiger partial charge in [-0.05, 0) is 33.1 Å². The number of aromatic nitrogens is 1. The molecule has 3 heterocycles. The van der Waals surface area contributed by atoms with Crippen LogP contribution in [0.2, 0.25) is 0 Å². The molecule has 0 saturated carbocycles. The molecule has 2 aliphatic heterocycles. The molecule has 1 aromatic rings. The summed E-state index contributed by atoms with van der Waals surface area (Å²) in [5, 5.41) is 6.87. The molecule has 0 spiro atoms. The number of hydrogen-bond donors (Lipinski definition) is 1. The van der Waals surface area contributed by atoms with Gasteiger partial charge in [-0.1, -0.05) is 5.16 Å². The highest BCUT2D eigenvalue weighted by Crippen LogP contribution is 2.22. The second-order valence-corrected chi connectivity index (χ2v) is 7.04. The number of rotatable bonds is 6. The third-order valence-electron chi connectivity index (χ3n) is 4.63. The van der Waals surface area contributed by atoms with Crippen LogP contribution in [0.5, 0.6) is 0 Å². The Balaban J connectivity index is 1.42. The Hall–Kier alpha value is -1.93.